The molecule has 2 atom stereocenters. The molecule has 0 radical (unpaired) electrons. The van der Waals surface area contributed by atoms with Gasteiger partial charge in [-0.25, -0.2) is 9.78 Å². The van der Waals surface area contributed by atoms with Crippen molar-refractivity contribution in [3.8, 4) is 0 Å². The number of aryl methyl sites for hydroxylation is 1. The number of carbonyl (C=O) groups is 3. The number of benzene rings is 3. The van der Waals surface area contributed by atoms with Gasteiger partial charge < -0.3 is 15.4 Å². The van der Waals surface area contributed by atoms with Gasteiger partial charge >= 0.3 is 6.09 Å². The molecule has 2 unspecified atom stereocenters. The monoisotopic (exact) mass is 543 g/mol. The highest BCUT2D eigenvalue weighted by Gasteiger charge is 2.29. The summed E-state index contributed by atoms with van der Waals surface area (Å²) in [7, 11) is 0. The van der Waals surface area contributed by atoms with Crippen LogP contribution < -0.4 is 10.6 Å². The molecule has 7 nitrogen and oxygen atoms in total. The van der Waals surface area contributed by atoms with Crippen LogP contribution in [0.3, 0.4) is 0 Å². The first-order valence-corrected chi connectivity index (χ1v) is 13.9. The molecular weight excluding hydrogens is 510 g/mol. The van der Waals surface area contributed by atoms with Crippen LogP contribution in [0, 0.1) is 5.92 Å². The predicted octanol–water partition coefficient (Wildman–Crippen LogP) is 5.94. The average Bonchev–Trinajstić information content (AvgIpc) is 3.39. The fourth-order valence-corrected chi connectivity index (χ4v) is 5.19. The van der Waals surface area contributed by atoms with Crippen LogP contribution in [0.5, 0.6) is 0 Å². The molecule has 2 amide bonds. The molecule has 3 aromatic carbocycles. The van der Waals surface area contributed by atoms with Gasteiger partial charge in [0, 0.05) is 0 Å². The number of nitrogens with one attached hydrogen (secondary N) is 2. The van der Waals surface area contributed by atoms with Crippen LogP contribution in [0.4, 0.5) is 4.79 Å². The molecule has 39 heavy (non-hydrogen) atoms. The summed E-state index contributed by atoms with van der Waals surface area (Å²) in [6.45, 7) is 4.03. The first kappa shape index (κ1) is 28.0. The van der Waals surface area contributed by atoms with E-state index in [0.717, 1.165) is 21.3 Å². The van der Waals surface area contributed by atoms with Gasteiger partial charge in [-0.3, -0.25) is 9.59 Å². The lowest BCUT2D eigenvalue weighted by Gasteiger charge is -2.23. The molecule has 1 aromatic heterocycles. The Labute approximate surface area is 232 Å². The number of aromatic nitrogens is 1. The van der Waals surface area contributed by atoms with Crippen molar-refractivity contribution in [1.82, 2.24) is 15.6 Å². The Morgan fingerprint density at radius 3 is 2.13 bits per heavy atom. The smallest absolute Gasteiger partial charge is 0.408 e. The zero-order valence-electron chi connectivity index (χ0n) is 22.1. The summed E-state index contributed by atoms with van der Waals surface area (Å²) < 4.78 is 6.26. The highest BCUT2D eigenvalue weighted by atomic mass is 32.1. The lowest BCUT2D eigenvalue weighted by molar-refractivity contribution is -0.124. The zero-order chi connectivity index (χ0) is 27.6. The number of Topliss-reactive ketones (excluding diaryl/α,β-unsaturated/α-hetero) is 1. The first-order chi connectivity index (χ1) is 18.9. The van der Waals surface area contributed by atoms with Crippen molar-refractivity contribution in [2.24, 2.45) is 5.92 Å². The number of nitrogens with zero attached hydrogens (tertiary/aromatic N) is 1. The topological polar surface area (TPSA) is 97.4 Å². The Bertz CT molecular complexity index is 1360. The molecular formula is C31H33N3O4S. The van der Waals surface area contributed by atoms with E-state index in [0.29, 0.717) is 24.3 Å². The van der Waals surface area contributed by atoms with Gasteiger partial charge in [-0.15, -0.1) is 11.3 Å². The molecule has 8 heteroatoms. The van der Waals surface area contributed by atoms with Crippen molar-refractivity contribution in [3.63, 3.8) is 0 Å². The van der Waals surface area contributed by atoms with E-state index < -0.39 is 24.1 Å². The molecule has 1 heterocycles. The van der Waals surface area contributed by atoms with Crippen molar-refractivity contribution in [2.75, 3.05) is 0 Å². The minimum absolute atomic E-state index is 0.0957. The molecule has 202 valence electrons. The number of para-hydroxylation sites is 1. The minimum Gasteiger partial charge on any atom is -0.445 e. The summed E-state index contributed by atoms with van der Waals surface area (Å²) in [6, 6.07) is 25.1. The molecule has 4 rings (SSSR count). The lowest BCUT2D eigenvalue weighted by atomic mass is 10.00. The van der Waals surface area contributed by atoms with Crippen LogP contribution >= 0.6 is 11.3 Å². The molecule has 0 bridgehead atoms. The van der Waals surface area contributed by atoms with Crippen molar-refractivity contribution in [1.29, 1.82) is 0 Å². The van der Waals surface area contributed by atoms with E-state index in [1.807, 2.05) is 98.8 Å². The molecule has 0 saturated carbocycles. The van der Waals surface area contributed by atoms with Crippen LogP contribution in [-0.2, 0) is 22.6 Å². The number of rotatable bonds is 12. The largest absolute Gasteiger partial charge is 0.445 e. The molecule has 0 saturated heterocycles. The van der Waals surface area contributed by atoms with E-state index in [2.05, 4.69) is 15.6 Å². The number of carbonyl (C=O) groups excluding carboxylic acids is 3. The summed E-state index contributed by atoms with van der Waals surface area (Å²) in [5, 5.41) is 5.97. The van der Waals surface area contributed by atoms with Gasteiger partial charge in [0.1, 0.15) is 12.6 Å². The van der Waals surface area contributed by atoms with Gasteiger partial charge in [-0.1, -0.05) is 86.6 Å². The number of amides is 2. The molecule has 0 aliphatic heterocycles. The molecule has 0 aliphatic rings. The Kier molecular flexibility index (Phi) is 9.80. The SMILES string of the molecule is CC(C)CC(NC(=O)OCc1ccccc1)C(=O)NC(CCc1ccccc1)C(=O)c1nc2ccccc2s1. The van der Waals surface area contributed by atoms with Crippen LogP contribution in [0.2, 0.25) is 0 Å². The standard InChI is InChI=1S/C31H33N3O4S/c1-21(2)19-26(34-31(37)38-20-23-13-7-4-8-14-23)29(36)32-25(18-17-22-11-5-3-6-12-22)28(35)30-33-24-15-9-10-16-27(24)39-30/h3-16,21,25-26H,17-20H2,1-2H3,(H,32,36)(H,34,37). The number of alkyl carbamates (subject to hydrolysis) is 1. The Balaban J connectivity index is 1.48. The quantitative estimate of drug-likeness (QED) is 0.216. The average molecular weight is 544 g/mol. The van der Waals surface area contributed by atoms with Crippen molar-refractivity contribution >= 4 is 39.3 Å². The van der Waals surface area contributed by atoms with Crippen molar-refractivity contribution < 1.29 is 19.1 Å². The van der Waals surface area contributed by atoms with Crippen LogP contribution in [0.1, 0.15) is 47.6 Å². The third-order valence-corrected chi connectivity index (χ3v) is 7.28. The summed E-state index contributed by atoms with van der Waals surface area (Å²) in [5.41, 5.74) is 2.66. The van der Waals surface area contributed by atoms with Crippen molar-refractivity contribution in [3.05, 3.63) is 101 Å². The van der Waals surface area contributed by atoms with E-state index >= 15 is 0 Å². The van der Waals surface area contributed by atoms with E-state index in [1.165, 1.54) is 11.3 Å². The number of hydrogen-bond acceptors (Lipinski definition) is 6. The molecule has 2 N–H and O–H groups in total. The normalized spacial score (nSPS) is 12.6. The van der Waals surface area contributed by atoms with Crippen LogP contribution in [-0.4, -0.2) is 34.9 Å². The number of ketones is 1. The third kappa shape index (κ3) is 8.22. The van der Waals surface area contributed by atoms with E-state index in [1.54, 1.807) is 0 Å². The van der Waals surface area contributed by atoms with Crippen LogP contribution in [0.25, 0.3) is 10.2 Å². The second kappa shape index (κ2) is 13.7. The summed E-state index contributed by atoms with van der Waals surface area (Å²) in [5.74, 6) is -0.541. The van der Waals surface area contributed by atoms with Gasteiger partial charge in [-0.05, 0) is 48.4 Å². The predicted molar refractivity (Wildman–Crippen MR) is 154 cm³/mol. The van der Waals surface area contributed by atoms with Gasteiger partial charge in [0.25, 0.3) is 0 Å². The highest BCUT2D eigenvalue weighted by Crippen LogP contribution is 2.23. The Morgan fingerprint density at radius 2 is 1.46 bits per heavy atom. The lowest BCUT2D eigenvalue weighted by Crippen LogP contribution is -2.52. The zero-order valence-corrected chi connectivity index (χ0v) is 22.9. The van der Waals surface area contributed by atoms with Gasteiger partial charge in [0.2, 0.25) is 11.7 Å². The van der Waals surface area contributed by atoms with E-state index in [4.69, 9.17) is 4.74 Å². The summed E-state index contributed by atoms with van der Waals surface area (Å²) in [4.78, 5) is 44.2. The number of ether oxygens (including phenoxy) is 1. The first-order valence-electron chi connectivity index (χ1n) is 13.1. The molecule has 4 aromatic rings. The third-order valence-electron chi connectivity index (χ3n) is 6.23. The van der Waals surface area contributed by atoms with Gasteiger partial charge in [0.15, 0.2) is 5.01 Å². The number of thiazole rings is 1. The van der Waals surface area contributed by atoms with Gasteiger partial charge in [0.05, 0.1) is 16.3 Å². The Hall–Kier alpha value is -4.04. The van der Waals surface area contributed by atoms with Crippen molar-refractivity contribution in [2.45, 2.75) is 51.8 Å². The maximum atomic E-state index is 13.6. The maximum Gasteiger partial charge on any atom is 0.408 e. The number of hydrogen-bond donors (Lipinski definition) is 2. The minimum atomic E-state index is -0.851. The second-order valence-corrected chi connectivity index (χ2v) is 10.9. The highest BCUT2D eigenvalue weighted by molar-refractivity contribution is 7.20. The fraction of sp³-hybridized carbons (Fsp3) is 0.290. The summed E-state index contributed by atoms with van der Waals surface area (Å²) >= 11 is 1.31. The summed E-state index contributed by atoms with van der Waals surface area (Å²) in [6.07, 6.45) is 0.715. The fourth-order valence-electron chi connectivity index (χ4n) is 4.23. The number of fused-ring (bicyclic) bond motifs is 1. The van der Waals surface area contributed by atoms with E-state index in [9.17, 15) is 14.4 Å². The molecule has 0 fully saturated rings. The molecule has 0 spiro atoms. The second-order valence-electron chi connectivity index (χ2n) is 9.82. The maximum absolute atomic E-state index is 13.6. The molecule has 0 aliphatic carbocycles. The van der Waals surface area contributed by atoms with Gasteiger partial charge in [-0.2, -0.15) is 0 Å². The van der Waals surface area contributed by atoms with E-state index in [-0.39, 0.29) is 18.3 Å². The Morgan fingerprint density at radius 1 is 0.821 bits per heavy atom. The van der Waals surface area contributed by atoms with Crippen LogP contribution in [0.15, 0.2) is 84.9 Å².